The monoisotopic (exact) mass is 249 g/mol. The molecule has 0 saturated carbocycles. The zero-order chi connectivity index (χ0) is 12.3. The smallest absolute Gasteiger partial charge is 0.155 e. The van der Waals surface area contributed by atoms with Gasteiger partial charge in [0, 0.05) is 6.20 Å². The van der Waals surface area contributed by atoms with E-state index in [1.807, 2.05) is 26.0 Å². The topological polar surface area (TPSA) is 63.6 Å². The Morgan fingerprint density at radius 3 is 2.71 bits per heavy atom. The third-order valence-electron chi connectivity index (χ3n) is 2.53. The van der Waals surface area contributed by atoms with Crippen molar-refractivity contribution < 1.29 is 0 Å². The van der Waals surface area contributed by atoms with E-state index in [4.69, 9.17) is 11.6 Å². The molecule has 17 heavy (non-hydrogen) atoms. The van der Waals surface area contributed by atoms with Gasteiger partial charge in [-0.25, -0.2) is 0 Å². The number of nitrogens with one attached hydrogen (secondary N) is 1. The summed E-state index contributed by atoms with van der Waals surface area (Å²) >= 11 is 5.88. The molecule has 0 aliphatic rings. The molecule has 0 unspecified atom stereocenters. The highest BCUT2D eigenvalue weighted by Gasteiger charge is 2.07. The maximum Gasteiger partial charge on any atom is 0.155 e. The predicted molar refractivity (Wildman–Crippen MR) is 65.9 cm³/mol. The summed E-state index contributed by atoms with van der Waals surface area (Å²) < 4.78 is 0. The summed E-state index contributed by atoms with van der Waals surface area (Å²) in [6.45, 7) is 4.43. The molecule has 2 aromatic rings. The molecule has 5 nitrogen and oxygen atoms in total. The second-order valence-corrected chi connectivity index (χ2v) is 4.02. The number of halogens is 1. The number of rotatable bonds is 3. The molecule has 2 heterocycles. The Balaban J connectivity index is 2.13. The average molecular weight is 250 g/mol. The minimum Gasteiger partial charge on any atom is -0.363 e. The van der Waals surface area contributed by atoms with Crippen LogP contribution in [0.25, 0.3) is 0 Å². The fraction of sp³-hybridized carbons (Fsp3) is 0.273. The van der Waals surface area contributed by atoms with Gasteiger partial charge in [-0.3, -0.25) is 0 Å². The van der Waals surface area contributed by atoms with E-state index in [9.17, 15) is 0 Å². The molecule has 2 aromatic heterocycles. The molecule has 0 radical (unpaired) electrons. The standard InChI is InChI=1S/C11H12ClN5/c1-7-8(2)11(17-16-10(7)12)13-6-9-4-3-5-14-15-9/h3-5H,6H2,1-2H3,(H,13,17). The Morgan fingerprint density at radius 1 is 1.18 bits per heavy atom. The molecule has 0 bridgehead atoms. The van der Waals surface area contributed by atoms with Crippen molar-refractivity contribution in [3.05, 3.63) is 40.3 Å². The van der Waals surface area contributed by atoms with Gasteiger partial charge in [-0.05, 0) is 37.1 Å². The van der Waals surface area contributed by atoms with Gasteiger partial charge in [-0.15, -0.1) is 10.2 Å². The van der Waals surface area contributed by atoms with Gasteiger partial charge in [0.15, 0.2) is 11.0 Å². The number of hydrogen-bond acceptors (Lipinski definition) is 5. The van der Waals surface area contributed by atoms with Crippen molar-refractivity contribution in [2.24, 2.45) is 0 Å². The molecule has 0 aliphatic carbocycles. The minimum absolute atomic E-state index is 0.438. The first kappa shape index (κ1) is 11.7. The van der Waals surface area contributed by atoms with Crippen LogP contribution in [-0.4, -0.2) is 20.4 Å². The molecule has 0 aromatic carbocycles. The van der Waals surface area contributed by atoms with E-state index in [1.165, 1.54) is 0 Å². The maximum atomic E-state index is 5.88. The molecule has 0 fully saturated rings. The molecule has 0 spiro atoms. The van der Waals surface area contributed by atoms with Crippen LogP contribution >= 0.6 is 11.6 Å². The number of anilines is 1. The highest BCUT2D eigenvalue weighted by molar-refractivity contribution is 6.30. The van der Waals surface area contributed by atoms with E-state index in [2.05, 4.69) is 25.7 Å². The normalized spacial score (nSPS) is 10.3. The molecule has 88 valence electrons. The van der Waals surface area contributed by atoms with E-state index >= 15 is 0 Å². The summed E-state index contributed by atoms with van der Waals surface area (Å²) in [7, 11) is 0. The fourth-order valence-corrected chi connectivity index (χ4v) is 1.53. The van der Waals surface area contributed by atoms with Gasteiger partial charge in [-0.1, -0.05) is 11.6 Å². The van der Waals surface area contributed by atoms with E-state index in [0.29, 0.717) is 11.7 Å². The van der Waals surface area contributed by atoms with Crippen LogP contribution in [-0.2, 0) is 6.54 Å². The summed E-state index contributed by atoms with van der Waals surface area (Å²) in [5.74, 6) is 0.720. The summed E-state index contributed by atoms with van der Waals surface area (Å²) in [6.07, 6.45) is 1.64. The number of aromatic nitrogens is 4. The van der Waals surface area contributed by atoms with Crippen molar-refractivity contribution in [1.29, 1.82) is 0 Å². The van der Waals surface area contributed by atoms with Crippen molar-refractivity contribution in [3.8, 4) is 0 Å². The summed E-state index contributed by atoms with van der Waals surface area (Å²) in [4.78, 5) is 0. The Bertz CT molecular complexity index is 515. The van der Waals surface area contributed by atoms with Crippen LogP contribution in [0.5, 0.6) is 0 Å². The second-order valence-electron chi connectivity index (χ2n) is 3.66. The lowest BCUT2D eigenvalue weighted by Crippen LogP contribution is -2.07. The van der Waals surface area contributed by atoms with E-state index < -0.39 is 0 Å². The molecule has 1 N–H and O–H groups in total. The van der Waals surface area contributed by atoms with Gasteiger partial charge in [0.25, 0.3) is 0 Å². The Labute approximate surface area is 104 Å². The van der Waals surface area contributed by atoms with Crippen molar-refractivity contribution in [2.75, 3.05) is 5.32 Å². The Morgan fingerprint density at radius 2 is 2.00 bits per heavy atom. The Kier molecular flexibility index (Phi) is 3.49. The maximum absolute atomic E-state index is 5.88. The van der Waals surface area contributed by atoms with Crippen LogP contribution < -0.4 is 5.32 Å². The van der Waals surface area contributed by atoms with Crippen LogP contribution in [0.2, 0.25) is 5.15 Å². The quantitative estimate of drug-likeness (QED) is 0.903. The predicted octanol–water partition coefficient (Wildman–Crippen LogP) is 2.15. The highest BCUT2D eigenvalue weighted by Crippen LogP contribution is 2.20. The summed E-state index contributed by atoms with van der Waals surface area (Å²) in [6, 6.07) is 3.74. The van der Waals surface area contributed by atoms with E-state index in [0.717, 1.165) is 22.6 Å². The molecule has 6 heteroatoms. The van der Waals surface area contributed by atoms with Crippen LogP contribution in [0.1, 0.15) is 16.8 Å². The van der Waals surface area contributed by atoms with Crippen LogP contribution in [0.4, 0.5) is 5.82 Å². The zero-order valence-electron chi connectivity index (χ0n) is 9.61. The van der Waals surface area contributed by atoms with Crippen molar-refractivity contribution in [3.63, 3.8) is 0 Å². The molecule has 0 amide bonds. The summed E-state index contributed by atoms with van der Waals surface area (Å²) in [5, 5.41) is 19.3. The van der Waals surface area contributed by atoms with Crippen LogP contribution in [0.15, 0.2) is 18.3 Å². The first-order valence-electron chi connectivity index (χ1n) is 5.18. The average Bonchev–Trinajstić information content (AvgIpc) is 2.36. The second kappa shape index (κ2) is 5.05. The van der Waals surface area contributed by atoms with Gasteiger partial charge >= 0.3 is 0 Å². The minimum atomic E-state index is 0.438. The molecular formula is C11H12ClN5. The van der Waals surface area contributed by atoms with Gasteiger partial charge in [0.1, 0.15) is 0 Å². The molecule has 0 aliphatic heterocycles. The van der Waals surface area contributed by atoms with Crippen LogP contribution in [0.3, 0.4) is 0 Å². The molecule has 0 atom stereocenters. The van der Waals surface area contributed by atoms with Gasteiger partial charge in [0.2, 0.25) is 0 Å². The third-order valence-corrected chi connectivity index (χ3v) is 2.89. The van der Waals surface area contributed by atoms with Crippen molar-refractivity contribution >= 4 is 17.4 Å². The lowest BCUT2D eigenvalue weighted by atomic mass is 10.2. The van der Waals surface area contributed by atoms with Gasteiger partial charge < -0.3 is 5.32 Å². The van der Waals surface area contributed by atoms with Crippen molar-refractivity contribution in [2.45, 2.75) is 20.4 Å². The molecule has 2 rings (SSSR count). The fourth-order valence-electron chi connectivity index (χ4n) is 1.35. The lowest BCUT2D eigenvalue weighted by molar-refractivity contribution is 0.905. The first-order chi connectivity index (χ1) is 8.18. The molecule has 0 saturated heterocycles. The highest BCUT2D eigenvalue weighted by atomic mass is 35.5. The Hall–Kier alpha value is -1.75. The van der Waals surface area contributed by atoms with Crippen LogP contribution in [0, 0.1) is 13.8 Å². The SMILES string of the molecule is Cc1c(Cl)nnc(NCc2cccnn2)c1C. The molecular weight excluding hydrogens is 238 g/mol. The van der Waals surface area contributed by atoms with E-state index in [1.54, 1.807) is 6.20 Å². The largest absolute Gasteiger partial charge is 0.363 e. The lowest BCUT2D eigenvalue weighted by Gasteiger charge is -2.09. The summed E-state index contributed by atoms with van der Waals surface area (Å²) in [5.41, 5.74) is 2.78. The third kappa shape index (κ3) is 2.68. The zero-order valence-corrected chi connectivity index (χ0v) is 10.4. The number of hydrogen-bond donors (Lipinski definition) is 1. The van der Waals surface area contributed by atoms with Crippen molar-refractivity contribution in [1.82, 2.24) is 20.4 Å². The van der Waals surface area contributed by atoms with E-state index in [-0.39, 0.29) is 0 Å². The first-order valence-corrected chi connectivity index (χ1v) is 5.56. The van der Waals surface area contributed by atoms with Gasteiger partial charge in [-0.2, -0.15) is 10.2 Å². The van der Waals surface area contributed by atoms with Gasteiger partial charge in [0.05, 0.1) is 12.2 Å². The number of nitrogens with zero attached hydrogens (tertiary/aromatic N) is 4.